The van der Waals surface area contributed by atoms with Gasteiger partial charge in [0.05, 0.1) is 6.33 Å². The Morgan fingerprint density at radius 3 is 2.47 bits per heavy atom. The molecule has 3 aromatic heterocycles. The fourth-order valence-electron chi connectivity index (χ4n) is 3.49. The van der Waals surface area contributed by atoms with Crippen LogP contribution < -0.4 is 10.6 Å². The molecule has 7 nitrogen and oxygen atoms in total. The number of aromatic nitrogens is 5. The Labute approximate surface area is 179 Å². The van der Waals surface area contributed by atoms with Crippen molar-refractivity contribution in [3.63, 3.8) is 0 Å². The van der Waals surface area contributed by atoms with Crippen molar-refractivity contribution in [2.75, 3.05) is 17.2 Å². The second-order valence-corrected chi connectivity index (χ2v) is 8.57. The van der Waals surface area contributed by atoms with E-state index in [4.69, 9.17) is 4.98 Å². The molecule has 0 bridgehead atoms. The van der Waals surface area contributed by atoms with Gasteiger partial charge in [0.25, 0.3) is 0 Å². The zero-order valence-corrected chi connectivity index (χ0v) is 18.9. The Morgan fingerprint density at radius 1 is 1.03 bits per heavy atom. The van der Waals surface area contributed by atoms with Gasteiger partial charge in [0.1, 0.15) is 5.52 Å². The Hall–Kier alpha value is -2.70. The third kappa shape index (κ3) is 5.68. The minimum absolute atomic E-state index is 0.292. The van der Waals surface area contributed by atoms with E-state index in [0.29, 0.717) is 23.9 Å². The van der Waals surface area contributed by atoms with E-state index in [2.05, 4.69) is 64.8 Å². The summed E-state index contributed by atoms with van der Waals surface area (Å²) in [5, 5.41) is 7.07. The Bertz CT molecular complexity index is 918. The number of nitrogens with zero attached hydrogens (tertiary/aromatic N) is 5. The summed E-state index contributed by atoms with van der Waals surface area (Å²) in [6, 6.07) is 4.73. The topological polar surface area (TPSA) is 80.6 Å². The number of rotatable bonds is 11. The van der Waals surface area contributed by atoms with Crippen molar-refractivity contribution >= 4 is 22.9 Å². The van der Waals surface area contributed by atoms with Crippen LogP contribution >= 0.6 is 0 Å². The van der Waals surface area contributed by atoms with Gasteiger partial charge in [-0.05, 0) is 63.1 Å². The molecule has 1 unspecified atom stereocenters. The van der Waals surface area contributed by atoms with Crippen molar-refractivity contribution in [3.05, 3.63) is 36.4 Å². The van der Waals surface area contributed by atoms with Gasteiger partial charge in [0, 0.05) is 31.0 Å². The summed E-state index contributed by atoms with van der Waals surface area (Å²) in [4.78, 5) is 18.2. The number of fused-ring (bicyclic) bond motifs is 1. The largest absolute Gasteiger partial charge is 0.365 e. The third-order valence-electron chi connectivity index (χ3n) is 5.36. The van der Waals surface area contributed by atoms with Crippen molar-refractivity contribution in [2.45, 2.75) is 72.4 Å². The fourth-order valence-corrected chi connectivity index (χ4v) is 3.49. The SMILES string of the molecule is CCC(CCC(C)C)Nc1nc(NCCc2ccncc2)nc2ncn(C(C)C)c12. The normalized spacial score (nSPS) is 12.6. The molecule has 0 amide bonds. The van der Waals surface area contributed by atoms with Gasteiger partial charge in [-0.15, -0.1) is 0 Å². The molecule has 0 saturated heterocycles. The van der Waals surface area contributed by atoms with Crippen LogP contribution in [0.4, 0.5) is 11.8 Å². The van der Waals surface area contributed by atoms with Gasteiger partial charge < -0.3 is 15.2 Å². The second kappa shape index (κ2) is 10.4. The molecule has 0 aliphatic carbocycles. The first kappa shape index (κ1) is 22.0. The van der Waals surface area contributed by atoms with Crippen LogP contribution in [0, 0.1) is 5.92 Å². The number of imidazole rings is 1. The van der Waals surface area contributed by atoms with Crippen LogP contribution in [0.3, 0.4) is 0 Å². The van der Waals surface area contributed by atoms with Gasteiger partial charge in [-0.2, -0.15) is 9.97 Å². The minimum atomic E-state index is 0.292. The van der Waals surface area contributed by atoms with E-state index in [9.17, 15) is 0 Å². The molecule has 0 fully saturated rings. The van der Waals surface area contributed by atoms with Crippen LogP contribution in [0.2, 0.25) is 0 Å². The zero-order chi connectivity index (χ0) is 21.5. The van der Waals surface area contributed by atoms with Crippen LogP contribution in [0.25, 0.3) is 11.2 Å². The number of hydrogen-bond acceptors (Lipinski definition) is 6. The molecule has 7 heteroatoms. The van der Waals surface area contributed by atoms with Crippen LogP contribution in [0.5, 0.6) is 0 Å². The van der Waals surface area contributed by atoms with E-state index in [1.165, 1.54) is 12.0 Å². The van der Waals surface area contributed by atoms with Gasteiger partial charge in [-0.3, -0.25) is 4.98 Å². The van der Waals surface area contributed by atoms with Crippen molar-refractivity contribution in [1.29, 1.82) is 0 Å². The van der Waals surface area contributed by atoms with Crippen LogP contribution in [0.15, 0.2) is 30.9 Å². The summed E-state index contributed by atoms with van der Waals surface area (Å²) in [5.41, 5.74) is 2.94. The standard InChI is InChI=1S/C23H35N7/c1-6-19(8-7-16(2)3)27-22-20-21(26-15-30(20)17(4)5)28-23(29-22)25-14-11-18-9-12-24-13-10-18/h9-10,12-13,15-17,19H,6-8,11,14H2,1-5H3,(H2,25,27,28,29). The minimum Gasteiger partial charge on any atom is -0.365 e. The van der Waals surface area contributed by atoms with E-state index in [-0.39, 0.29) is 0 Å². The number of pyridine rings is 1. The smallest absolute Gasteiger partial charge is 0.226 e. The van der Waals surface area contributed by atoms with E-state index in [0.717, 1.165) is 42.8 Å². The monoisotopic (exact) mass is 409 g/mol. The highest BCUT2D eigenvalue weighted by atomic mass is 15.2. The maximum Gasteiger partial charge on any atom is 0.226 e. The van der Waals surface area contributed by atoms with Crippen molar-refractivity contribution < 1.29 is 0 Å². The highest BCUT2D eigenvalue weighted by Gasteiger charge is 2.18. The highest BCUT2D eigenvalue weighted by molar-refractivity contribution is 5.84. The molecule has 30 heavy (non-hydrogen) atoms. The van der Waals surface area contributed by atoms with Gasteiger partial charge in [-0.25, -0.2) is 4.98 Å². The summed E-state index contributed by atoms with van der Waals surface area (Å²) in [5.74, 6) is 2.18. The molecule has 1 atom stereocenters. The van der Waals surface area contributed by atoms with Gasteiger partial charge in [0.15, 0.2) is 11.5 Å². The lowest BCUT2D eigenvalue weighted by molar-refractivity contribution is 0.505. The zero-order valence-electron chi connectivity index (χ0n) is 18.9. The summed E-state index contributed by atoms with van der Waals surface area (Å²) in [6.07, 6.45) is 9.77. The molecule has 2 N–H and O–H groups in total. The Kier molecular flexibility index (Phi) is 7.60. The molecule has 0 aliphatic rings. The fraction of sp³-hybridized carbons (Fsp3) is 0.565. The quantitative estimate of drug-likeness (QED) is 0.459. The average Bonchev–Trinajstić information content (AvgIpc) is 3.16. The first-order valence-corrected chi connectivity index (χ1v) is 11.1. The molecule has 0 aromatic carbocycles. The molecule has 0 radical (unpaired) electrons. The van der Waals surface area contributed by atoms with Crippen LogP contribution in [0.1, 0.15) is 65.5 Å². The summed E-state index contributed by atoms with van der Waals surface area (Å²) < 4.78 is 2.15. The van der Waals surface area contributed by atoms with E-state index < -0.39 is 0 Å². The third-order valence-corrected chi connectivity index (χ3v) is 5.36. The summed E-state index contributed by atoms with van der Waals surface area (Å²) >= 11 is 0. The molecule has 162 valence electrons. The lowest BCUT2D eigenvalue weighted by Crippen LogP contribution is -2.21. The second-order valence-electron chi connectivity index (χ2n) is 8.57. The van der Waals surface area contributed by atoms with Crippen molar-refractivity contribution in [3.8, 4) is 0 Å². The number of nitrogens with one attached hydrogen (secondary N) is 2. The molecule has 0 aliphatic heterocycles. The van der Waals surface area contributed by atoms with Crippen molar-refractivity contribution in [2.24, 2.45) is 5.92 Å². The lowest BCUT2D eigenvalue weighted by atomic mass is 10.0. The Morgan fingerprint density at radius 2 is 1.80 bits per heavy atom. The first-order chi connectivity index (χ1) is 14.5. The number of hydrogen-bond donors (Lipinski definition) is 2. The maximum absolute atomic E-state index is 4.86. The average molecular weight is 410 g/mol. The van der Waals surface area contributed by atoms with Gasteiger partial charge in [-0.1, -0.05) is 20.8 Å². The first-order valence-electron chi connectivity index (χ1n) is 11.1. The molecular weight excluding hydrogens is 374 g/mol. The van der Waals surface area contributed by atoms with Gasteiger partial charge >= 0.3 is 0 Å². The van der Waals surface area contributed by atoms with Crippen LogP contribution in [-0.4, -0.2) is 37.1 Å². The predicted octanol–water partition coefficient (Wildman–Crippen LogP) is 5.08. The number of anilines is 2. The molecule has 0 spiro atoms. The van der Waals surface area contributed by atoms with E-state index >= 15 is 0 Å². The predicted molar refractivity (Wildman–Crippen MR) is 124 cm³/mol. The van der Waals surface area contributed by atoms with Crippen LogP contribution in [-0.2, 0) is 6.42 Å². The Balaban J connectivity index is 1.82. The molecule has 0 saturated carbocycles. The van der Waals surface area contributed by atoms with Gasteiger partial charge in [0.2, 0.25) is 5.95 Å². The summed E-state index contributed by atoms with van der Waals surface area (Å²) in [7, 11) is 0. The molecule has 3 rings (SSSR count). The summed E-state index contributed by atoms with van der Waals surface area (Å²) in [6.45, 7) is 11.8. The molecule has 3 aromatic rings. The molecular formula is C23H35N7. The lowest BCUT2D eigenvalue weighted by Gasteiger charge is -2.21. The van der Waals surface area contributed by atoms with E-state index in [1.54, 1.807) is 0 Å². The maximum atomic E-state index is 4.86. The van der Waals surface area contributed by atoms with E-state index in [1.807, 2.05) is 30.9 Å². The van der Waals surface area contributed by atoms with Crippen molar-refractivity contribution in [1.82, 2.24) is 24.5 Å². The highest BCUT2D eigenvalue weighted by Crippen LogP contribution is 2.26. The molecule has 3 heterocycles.